The van der Waals surface area contributed by atoms with E-state index in [0.29, 0.717) is 35.8 Å². The van der Waals surface area contributed by atoms with E-state index in [1.54, 1.807) is 13.4 Å². The van der Waals surface area contributed by atoms with Crippen molar-refractivity contribution in [3.63, 3.8) is 0 Å². The molecule has 0 bridgehead atoms. The van der Waals surface area contributed by atoms with E-state index in [0.717, 1.165) is 17.0 Å². The summed E-state index contributed by atoms with van der Waals surface area (Å²) >= 11 is 0. The van der Waals surface area contributed by atoms with Gasteiger partial charge < -0.3 is 19.8 Å². The molecule has 0 radical (unpaired) electrons. The van der Waals surface area contributed by atoms with Crippen LogP contribution in [0.4, 0.5) is 11.6 Å². The summed E-state index contributed by atoms with van der Waals surface area (Å²) < 4.78 is 15.8. The molecule has 8 heteroatoms. The molecule has 1 aliphatic carbocycles. The highest BCUT2D eigenvalue weighted by Gasteiger charge is 2.38. The van der Waals surface area contributed by atoms with E-state index in [-0.39, 0.29) is 11.7 Å². The number of methoxy groups -OCH3 is 1. The van der Waals surface area contributed by atoms with Gasteiger partial charge in [-0.3, -0.25) is 4.79 Å². The van der Waals surface area contributed by atoms with Gasteiger partial charge in [-0.25, -0.2) is 4.63 Å². The van der Waals surface area contributed by atoms with Crippen molar-refractivity contribution >= 4 is 17.4 Å². The van der Waals surface area contributed by atoms with Crippen LogP contribution in [-0.4, -0.2) is 23.2 Å². The molecular weight excluding hydrogens is 360 g/mol. The van der Waals surface area contributed by atoms with Gasteiger partial charge in [0, 0.05) is 23.6 Å². The van der Waals surface area contributed by atoms with Gasteiger partial charge in [0.15, 0.2) is 5.78 Å². The van der Waals surface area contributed by atoms with Gasteiger partial charge in [0.25, 0.3) is 0 Å². The van der Waals surface area contributed by atoms with E-state index < -0.39 is 6.04 Å². The molecule has 0 saturated carbocycles. The maximum absolute atomic E-state index is 13.2. The number of nitrogens with zero attached hydrogens (tertiary/aromatic N) is 2. The summed E-state index contributed by atoms with van der Waals surface area (Å²) in [6.07, 6.45) is 2.64. The first kappa shape index (κ1) is 16.6. The summed E-state index contributed by atoms with van der Waals surface area (Å²) in [6, 6.07) is 11.0. The maximum atomic E-state index is 13.2. The number of nitrogens with one attached hydrogen (secondary N) is 2. The monoisotopic (exact) mass is 378 g/mol. The summed E-state index contributed by atoms with van der Waals surface area (Å²) in [4.78, 5) is 13.2. The molecule has 1 aliphatic heterocycles. The van der Waals surface area contributed by atoms with Crippen molar-refractivity contribution in [2.75, 3.05) is 17.7 Å². The Morgan fingerprint density at radius 2 is 2.04 bits per heavy atom. The molecule has 1 aromatic carbocycles. The van der Waals surface area contributed by atoms with Gasteiger partial charge in [-0.15, -0.1) is 0 Å². The van der Waals surface area contributed by atoms with Gasteiger partial charge >= 0.3 is 0 Å². The average molecular weight is 378 g/mol. The van der Waals surface area contributed by atoms with Crippen LogP contribution in [0, 0.1) is 0 Å². The normalized spacial score (nSPS) is 21.2. The molecule has 3 aromatic rings. The number of Topliss-reactive ketones (excluding diaryl/α,β-unsaturated/α-hetero) is 1. The van der Waals surface area contributed by atoms with Gasteiger partial charge in [-0.2, -0.15) is 0 Å². The molecule has 0 amide bonds. The summed E-state index contributed by atoms with van der Waals surface area (Å²) in [5.74, 6) is 2.47. The first-order valence-electron chi connectivity index (χ1n) is 9.02. The van der Waals surface area contributed by atoms with E-state index in [9.17, 15) is 4.79 Å². The Hall–Kier alpha value is -3.55. The van der Waals surface area contributed by atoms with Crippen LogP contribution in [0.2, 0.25) is 0 Å². The number of carbonyl (C=O) groups excluding carboxylic acids is 1. The number of ketones is 1. The molecular formula is C20H18N4O4. The van der Waals surface area contributed by atoms with Crippen LogP contribution in [0.25, 0.3) is 0 Å². The second-order valence-electron chi connectivity index (χ2n) is 6.88. The Balaban J connectivity index is 1.61. The average Bonchev–Trinajstić information content (AvgIpc) is 3.37. The number of rotatable bonds is 3. The van der Waals surface area contributed by atoms with Crippen molar-refractivity contribution in [3.05, 3.63) is 65.3 Å². The molecule has 0 unspecified atom stereocenters. The molecule has 28 heavy (non-hydrogen) atoms. The number of fused-ring (bicyclic) bond motifs is 1. The molecule has 0 spiro atoms. The Kier molecular flexibility index (Phi) is 3.89. The van der Waals surface area contributed by atoms with Crippen LogP contribution in [-0.2, 0) is 4.79 Å². The van der Waals surface area contributed by atoms with Crippen molar-refractivity contribution in [3.8, 4) is 5.75 Å². The highest BCUT2D eigenvalue weighted by atomic mass is 16.6. The Labute approximate surface area is 160 Å². The molecule has 2 N–H and O–H groups in total. The predicted molar refractivity (Wildman–Crippen MR) is 100.0 cm³/mol. The minimum atomic E-state index is -0.393. The summed E-state index contributed by atoms with van der Waals surface area (Å²) in [6.45, 7) is 0. The smallest absolute Gasteiger partial charge is 0.219 e. The Morgan fingerprint density at radius 3 is 2.86 bits per heavy atom. The van der Waals surface area contributed by atoms with Gasteiger partial charge in [0.1, 0.15) is 11.5 Å². The van der Waals surface area contributed by atoms with Crippen LogP contribution in [0.15, 0.2) is 63.0 Å². The van der Waals surface area contributed by atoms with E-state index in [1.165, 1.54) is 0 Å². The SMILES string of the molecule is COc1cccc([C@H]2Nc3nonc3NC3=C2C(=O)C[C@@H](c2ccco2)C3)c1. The lowest BCUT2D eigenvalue weighted by Gasteiger charge is -2.28. The Bertz CT molecular complexity index is 1050. The second kappa shape index (κ2) is 6.56. The highest BCUT2D eigenvalue weighted by molar-refractivity contribution is 6.00. The fourth-order valence-electron chi connectivity index (χ4n) is 3.90. The number of hydrogen-bond donors (Lipinski definition) is 2. The first-order chi connectivity index (χ1) is 13.7. The Morgan fingerprint density at radius 1 is 1.14 bits per heavy atom. The van der Waals surface area contributed by atoms with Gasteiger partial charge in [-0.05, 0) is 46.6 Å². The van der Waals surface area contributed by atoms with E-state index in [2.05, 4.69) is 20.9 Å². The standard InChI is InChI=1S/C20H18N4O4/c1-26-13-5-2-4-11(8-13)18-17-14(21-19-20(22-18)24-28-23-19)9-12(10-15(17)25)16-6-3-7-27-16/h2-8,12,18H,9-10H2,1H3,(H,21,23)(H,22,24)/t12-,18+/m0/s1. The molecule has 8 nitrogen and oxygen atoms in total. The number of carbonyl (C=O) groups is 1. The number of anilines is 2. The predicted octanol–water partition coefficient (Wildman–Crippen LogP) is 3.65. The zero-order valence-electron chi connectivity index (χ0n) is 15.1. The van der Waals surface area contributed by atoms with Crippen LogP contribution in [0.1, 0.15) is 36.1 Å². The maximum Gasteiger partial charge on any atom is 0.219 e. The van der Waals surface area contributed by atoms with Crippen molar-refractivity contribution in [1.29, 1.82) is 0 Å². The minimum absolute atomic E-state index is 0.0267. The lowest BCUT2D eigenvalue weighted by Crippen LogP contribution is -2.27. The summed E-state index contributed by atoms with van der Waals surface area (Å²) in [5, 5.41) is 14.4. The van der Waals surface area contributed by atoms with Crippen molar-refractivity contribution in [2.24, 2.45) is 0 Å². The number of allylic oxidation sites excluding steroid dienone is 1. The molecule has 2 atom stereocenters. The van der Waals surface area contributed by atoms with Crippen molar-refractivity contribution < 1.29 is 18.6 Å². The third-order valence-electron chi connectivity index (χ3n) is 5.21. The van der Waals surface area contributed by atoms with E-state index in [4.69, 9.17) is 13.8 Å². The van der Waals surface area contributed by atoms with Gasteiger partial charge in [0.05, 0.1) is 19.4 Å². The molecule has 0 saturated heterocycles. The third kappa shape index (κ3) is 2.74. The topological polar surface area (TPSA) is 102 Å². The molecule has 142 valence electrons. The molecule has 5 rings (SSSR count). The van der Waals surface area contributed by atoms with Crippen molar-refractivity contribution in [1.82, 2.24) is 10.3 Å². The second-order valence-corrected chi connectivity index (χ2v) is 6.88. The fourth-order valence-corrected chi connectivity index (χ4v) is 3.90. The molecule has 3 heterocycles. The van der Waals surface area contributed by atoms with Crippen LogP contribution in [0.3, 0.4) is 0 Å². The molecule has 0 fully saturated rings. The summed E-state index contributed by atoms with van der Waals surface area (Å²) in [5.41, 5.74) is 2.37. The molecule has 2 aliphatic rings. The third-order valence-corrected chi connectivity index (χ3v) is 5.21. The van der Waals surface area contributed by atoms with E-state index in [1.807, 2.05) is 36.4 Å². The van der Waals surface area contributed by atoms with Gasteiger partial charge in [0.2, 0.25) is 11.6 Å². The zero-order valence-corrected chi connectivity index (χ0v) is 15.1. The van der Waals surface area contributed by atoms with Crippen molar-refractivity contribution in [2.45, 2.75) is 24.8 Å². The fraction of sp³-hybridized carbons (Fsp3) is 0.250. The van der Waals surface area contributed by atoms with Gasteiger partial charge in [-0.1, -0.05) is 12.1 Å². The molecule has 2 aromatic heterocycles. The highest BCUT2D eigenvalue weighted by Crippen LogP contribution is 2.43. The number of aromatic nitrogens is 2. The number of ether oxygens (including phenoxy) is 1. The van der Waals surface area contributed by atoms with E-state index >= 15 is 0 Å². The quantitative estimate of drug-likeness (QED) is 0.712. The van der Waals surface area contributed by atoms with Crippen LogP contribution in [0.5, 0.6) is 5.75 Å². The first-order valence-corrected chi connectivity index (χ1v) is 9.02. The lowest BCUT2D eigenvalue weighted by atomic mass is 9.80. The number of hydrogen-bond acceptors (Lipinski definition) is 8. The number of furan rings is 1. The summed E-state index contributed by atoms with van der Waals surface area (Å²) in [7, 11) is 1.62. The zero-order chi connectivity index (χ0) is 19.1. The van der Waals surface area contributed by atoms with Crippen LogP contribution < -0.4 is 15.4 Å². The van der Waals surface area contributed by atoms with Crippen LogP contribution >= 0.6 is 0 Å². The lowest BCUT2D eigenvalue weighted by molar-refractivity contribution is -0.116. The number of benzene rings is 1. The minimum Gasteiger partial charge on any atom is -0.497 e. The largest absolute Gasteiger partial charge is 0.497 e.